The van der Waals surface area contributed by atoms with Gasteiger partial charge < -0.3 is 10.2 Å². The maximum absolute atomic E-state index is 12.5. The maximum atomic E-state index is 12.5. The first-order valence-electron chi connectivity index (χ1n) is 7.47. The zero-order valence-corrected chi connectivity index (χ0v) is 12.3. The van der Waals surface area contributed by atoms with Crippen LogP contribution in [0.1, 0.15) is 23.1 Å². The Hall–Kier alpha value is -1.40. The van der Waals surface area contributed by atoms with E-state index in [9.17, 15) is 4.79 Å². The average Bonchev–Trinajstić information content (AvgIpc) is 2.79. The van der Waals surface area contributed by atoms with Crippen LogP contribution in [0.4, 0.5) is 0 Å². The summed E-state index contributed by atoms with van der Waals surface area (Å²) in [4.78, 5) is 16.9. The van der Waals surface area contributed by atoms with Crippen LogP contribution in [0.5, 0.6) is 0 Å². The van der Waals surface area contributed by atoms with Gasteiger partial charge in [0, 0.05) is 51.9 Å². The molecular formula is C14H23N5O. The Morgan fingerprint density at radius 1 is 1.40 bits per heavy atom. The number of piperazine rings is 1. The van der Waals surface area contributed by atoms with Gasteiger partial charge in [-0.25, -0.2) is 0 Å². The standard InChI is InChI=1S/C14H23N5O/c1-3-19-13(8-11(2)16-19)14(20)18-9-12(10-18)17-6-4-15-5-7-17/h8,12,15H,3-7,9-10H2,1-2H3. The molecule has 20 heavy (non-hydrogen) atoms. The molecule has 2 fully saturated rings. The summed E-state index contributed by atoms with van der Waals surface area (Å²) >= 11 is 0. The van der Waals surface area contributed by atoms with Gasteiger partial charge in [-0.15, -0.1) is 0 Å². The van der Waals surface area contributed by atoms with Crippen molar-refractivity contribution in [3.05, 3.63) is 17.5 Å². The van der Waals surface area contributed by atoms with Crippen LogP contribution in [-0.4, -0.2) is 70.8 Å². The van der Waals surface area contributed by atoms with Crippen LogP contribution in [0.15, 0.2) is 6.07 Å². The molecule has 0 bridgehead atoms. The lowest BCUT2D eigenvalue weighted by Crippen LogP contribution is -2.64. The van der Waals surface area contributed by atoms with E-state index in [2.05, 4.69) is 15.3 Å². The molecule has 0 aliphatic carbocycles. The summed E-state index contributed by atoms with van der Waals surface area (Å²) in [6, 6.07) is 2.43. The van der Waals surface area contributed by atoms with Crippen LogP contribution in [0.25, 0.3) is 0 Å². The molecule has 2 aliphatic heterocycles. The minimum absolute atomic E-state index is 0.124. The zero-order valence-electron chi connectivity index (χ0n) is 12.3. The molecule has 0 saturated carbocycles. The molecule has 2 aliphatic rings. The van der Waals surface area contributed by atoms with E-state index >= 15 is 0 Å². The second kappa shape index (κ2) is 5.54. The van der Waals surface area contributed by atoms with Gasteiger partial charge in [0.05, 0.1) is 5.69 Å². The highest BCUT2D eigenvalue weighted by Gasteiger charge is 2.36. The van der Waals surface area contributed by atoms with E-state index in [-0.39, 0.29) is 5.91 Å². The fourth-order valence-corrected chi connectivity index (χ4v) is 3.02. The van der Waals surface area contributed by atoms with E-state index in [0.717, 1.165) is 57.2 Å². The predicted octanol–water partition coefficient (Wildman–Crippen LogP) is -0.0590. The molecule has 0 spiro atoms. The second-order valence-electron chi connectivity index (χ2n) is 5.64. The Labute approximate surface area is 119 Å². The maximum Gasteiger partial charge on any atom is 0.272 e. The molecule has 1 N–H and O–H groups in total. The second-order valence-corrected chi connectivity index (χ2v) is 5.64. The first-order valence-corrected chi connectivity index (χ1v) is 7.47. The van der Waals surface area contributed by atoms with Gasteiger partial charge in [0.25, 0.3) is 5.91 Å². The topological polar surface area (TPSA) is 53.4 Å². The molecule has 0 unspecified atom stereocenters. The molecular weight excluding hydrogens is 254 g/mol. The highest BCUT2D eigenvalue weighted by molar-refractivity contribution is 5.93. The number of likely N-dealkylation sites (tertiary alicyclic amines) is 1. The van der Waals surface area contributed by atoms with Crippen molar-refractivity contribution in [3.63, 3.8) is 0 Å². The quantitative estimate of drug-likeness (QED) is 0.841. The van der Waals surface area contributed by atoms with Crippen molar-refractivity contribution < 1.29 is 4.79 Å². The van der Waals surface area contributed by atoms with E-state index in [1.165, 1.54) is 0 Å². The van der Waals surface area contributed by atoms with Crippen LogP contribution in [0.3, 0.4) is 0 Å². The summed E-state index contributed by atoms with van der Waals surface area (Å²) in [6.45, 7) is 10.7. The lowest BCUT2D eigenvalue weighted by atomic mass is 10.1. The SMILES string of the molecule is CCn1nc(C)cc1C(=O)N1CC(N2CCNCC2)C1. The van der Waals surface area contributed by atoms with Crippen LogP contribution in [-0.2, 0) is 6.54 Å². The van der Waals surface area contributed by atoms with Crippen molar-refractivity contribution in [2.45, 2.75) is 26.4 Å². The van der Waals surface area contributed by atoms with Gasteiger partial charge in [-0.2, -0.15) is 5.10 Å². The molecule has 1 aromatic heterocycles. The van der Waals surface area contributed by atoms with E-state index in [1.807, 2.05) is 24.8 Å². The number of hydrogen-bond donors (Lipinski definition) is 1. The molecule has 3 heterocycles. The molecule has 6 heteroatoms. The van der Waals surface area contributed by atoms with Gasteiger partial charge in [0.2, 0.25) is 0 Å². The number of nitrogens with zero attached hydrogens (tertiary/aromatic N) is 4. The third-order valence-electron chi connectivity index (χ3n) is 4.24. The number of amides is 1. The van der Waals surface area contributed by atoms with Crippen LogP contribution in [0.2, 0.25) is 0 Å². The van der Waals surface area contributed by atoms with Gasteiger partial charge in [0.15, 0.2) is 0 Å². The van der Waals surface area contributed by atoms with Crippen LogP contribution < -0.4 is 5.32 Å². The minimum atomic E-state index is 0.124. The number of carbonyl (C=O) groups excluding carboxylic acids is 1. The van der Waals surface area contributed by atoms with E-state index in [0.29, 0.717) is 6.04 Å². The van der Waals surface area contributed by atoms with Gasteiger partial charge in [-0.1, -0.05) is 0 Å². The first-order chi connectivity index (χ1) is 9.69. The number of rotatable bonds is 3. The van der Waals surface area contributed by atoms with E-state index in [4.69, 9.17) is 0 Å². The van der Waals surface area contributed by atoms with E-state index < -0.39 is 0 Å². The number of nitrogens with one attached hydrogen (secondary N) is 1. The fourth-order valence-electron chi connectivity index (χ4n) is 3.02. The van der Waals surface area contributed by atoms with Crippen molar-refractivity contribution in [3.8, 4) is 0 Å². The Kier molecular flexibility index (Phi) is 3.76. The van der Waals surface area contributed by atoms with Gasteiger partial charge in [-0.05, 0) is 19.9 Å². The molecule has 0 atom stereocenters. The summed E-state index contributed by atoms with van der Waals surface area (Å²) in [6.07, 6.45) is 0. The lowest BCUT2D eigenvalue weighted by Gasteiger charge is -2.46. The van der Waals surface area contributed by atoms with Crippen molar-refractivity contribution in [2.75, 3.05) is 39.3 Å². The molecule has 1 amide bonds. The highest BCUT2D eigenvalue weighted by Crippen LogP contribution is 2.19. The summed E-state index contributed by atoms with van der Waals surface area (Å²) in [5.41, 5.74) is 1.64. The Balaban J connectivity index is 1.60. The first kappa shape index (κ1) is 13.6. The number of aryl methyl sites for hydroxylation is 2. The van der Waals surface area contributed by atoms with Crippen molar-refractivity contribution in [2.24, 2.45) is 0 Å². The third-order valence-corrected chi connectivity index (χ3v) is 4.24. The Morgan fingerprint density at radius 3 is 2.75 bits per heavy atom. The normalized spacial score (nSPS) is 21.0. The molecule has 1 aromatic rings. The molecule has 6 nitrogen and oxygen atoms in total. The Morgan fingerprint density at radius 2 is 2.10 bits per heavy atom. The van der Waals surface area contributed by atoms with Crippen molar-refractivity contribution in [1.82, 2.24) is 24.9 Å². The van der Waals surface area contributed by atoms with Gasteiger partial charge >= 0.3 is 0 Å². The number of hydrogen-bond acceptors (Lipinski definition) is 4. The largest absolute Gasteiger partial charge is 0.334 e. The molecule has 3 rings (SSSR count). The third kappa shape index (κ3) is 2.45. The Bertz CT molecular complexity index is 486. The number of carbonyl (C=O) groups is 1. The molecule has 2 saturated heterocycles. The van der Waals surface area contributed by atoms with Crippen molar-refractivity contribution in [1.29, 1.82) is 0 Å². The average molecular weight is 277 g/mol. The van der Waals surface area contributed by atoms with Gasteiger partial charge in [0.1, 0.15) is 5.69 Å². The minimum Gasteiger partial charge on any atom is -0.334 e. The van der Waals surface area contributed by atoms with E-state index in [1.54, 1.807) is 4.68 Å². The number of aromatic nitrogens is 2. The summed E-state index contributed by atoms with van der Waals surface area (Å²) < 4.78 is 1.80. The molecule has 110 valence electrons. The summed E-state index contributed by atoms with van der Waals surface area (Å²) in [5, 5.41) is 7.71. The predicted molar refractivity (Wildman–Crippen MR) is 76.8 cm³/mol. The summed E-state index contributed by atoms with van der Waals surface area (Å²) in [5.74, 6) is 0.124. The lowest BCUT2D eigenvalue weighted by molar-refractivity contribution is 0.0218. The fraction of sp³-hybridized carbons (Fsp3) is 0.714. The molecule has 0 radical (unpaired) electrons. The zero-order chi connectivity index (χ0) is 14.1. The van der Waals surface area contributed by atoms with Crippen LogP contribution in [0, 0.1) is 6.92 Å². The van der Waals surface area contributed by atoms with Gasteiger partial charge in [-0.3, -0.25) is 14.4 Å². The molecule has 0 aromatic carbocycles. The summed E-state index contributed by atoms with van der Waals surface area (Å²) in [7, 11) is 0. The monoisotopic (exact) mass is 277 g/mol. The van der Waals surface area contributed by atoms with Crippen LogP contribution >= 0.6 is 0 Å². The van der Waals surface area contributed by atoms with Crippen molar-refractivity contribution >= 4 is 5.91 Å². The smallest absolute Gasteiger partial charge is 0.272 e. The highest BCUT2D eigenvalue weighted by atomic mass is 16.2.